The number of rotatable bonds is 4. The van der Waals surface area contributed by atoms with Crippen LogP contribution < -0.4 is 4.90 Å². The minimum atomic E-state index is -0.971. The van der Waals surface area contributed by atoms with Crippen LogP contribution in [0.15, 0.2) is 18.2 Å². The number of hydrogen-bond donors (Lipinski definition) is 1. The first-order valence-corrected chi connectivity index (χ1v) is 7.45. The number of ether oxygens (including phenoxy) is 1. The highest BCUT2D eigenvalue weighted by Crippen LogP contribution is 2.29. The molecule has 0 spiro atoms. The molecule has 1 aliphatic heterocycles. The second-order valence-corrected chi connectivity index (χ2v) is 5.63. The van der Waals surface area contributed by atoms with Crippen molar-refractivity contribution in [2.24, 2.45) is 0 Å². The van der Waals surface area contributed by atoms with Crippen LogP contribution in [0, 0.1) is 0 Å². The van der Waals surface area contributed by atoms with Gasteiger partial charge in [-0.1, -0.05) is 0 Å². The Kier molecular flexibility index (Phi) is 3.58. The van der Waals surface area contributed by atoms with Crippen LogP contribution in [0.3, 0.4) is 0 Å². The van der Waals surface area contributed by atoms with Crippen molar-refractivity contribution in [3.05, 3.63) is 23.9 Å². The zero-order chi connectivity index (χ0) is 14.1. The lowest BCUT2D eigenvalue weighted by Gasteiger charge is -2.18. The van der Waals surface area contributed by atoms with Gasteiger partial charge >= 0.3 is 5.97 Å². The van der Waals surface area contributed by atoms with Crippen molar-refractivity contribution in [3.8, 4) is 0 Å². The van der Waals surface area contributed by atoms with Gasteiger partial charge in [0.2, 0.25) is 0 Å². The van der Waals surface area contributed by atoms with Gasteiger partial charge in [-0.25, -0.2) is 4.79 Å². The molecule has 3 rings (SSSR count). The predicted molar refractivity (Wildman–Crippen MR) is 78.8 cm³/mol. The van der Waals surface area contributed by atoms with E-state index in [2.05, 4.69) is 9.27 Å². The number of hydrogen-bond acceptors (Lipinski definition) is 5. The number of carbonyl (C=O) groups is 1. The van der Waals surface area contributed by atoms with Crippen molar-refractivity contribution in [1.29, 1.82) is 0 Å². The van der Waals surface area contributed by atoms with Crippen molar-refractivity contribution < 1.29 is 14.6 Å². The van der Waals surface area contributed by atoms with Gasteiger partial charge in [0.25, 0.3) is 0 Å². The molecule has 0 bridgehead atoms. The third-order valence-electron chi connectivity index (χ3n) is 3.57. The highest BCUT2D eigenvalue weighted by molar-refractivity contribution is 7.13. The zero-order valence-corrected chi connectivity index (χ0v) is 12.0. The topological polar surface area (TPSA) is 62.7 Å². The molecular formula is C14H16N2O3S. The number of anilines is 1. The zero-order valence-electron chi connectivity index (χ0n) is 11.2. The lowest BCUT2D eigenvalue weighted by atomic mass is 10.2. The molecular weight excluding hydrogens is 276 g/mol. The van der Waals surface area contributed by atoms with Crippen LogP contribution in [0.5, 0.6) is 0 Å². The van der Waals surface area contributed by atoms with E-state index in [1.807, 2.05) is 25.1 Å². The van der Waals surface area contributed by atoms with Gasteiger partial charge < -0.3 is 14.7 Å². The van der Waals surface area contributed by atoms with Crippen LogP contribution in [0.1, 0.15) is 23.8 Å². The second-order valence-electron chi connectivity index (χ2n) is 4.83. The summed E-state index contributed by atoms with van der Waals surface area (Å²) in [5.74, 6) is -0.971. The molecule has 0 amide bonds. The fourth-order valence-corrected chi connectivity index (χ4v) is 3.41. The smallest absolute Gasteiger partial charge is 0.356 e. The van der Waals surface area contributed by atoms with E-state index in [0.29, 0.717) is 11.5 Å². The summed E-state index contributed by atoms with van der Waals surface area (Å²) in [7, 11) is 0. The van der Waals surface area contributed by atoms with E-state index >= 15 is 0 Å². The van der Waals surface area contributed by atoms with Crippen molar-refractivity contribution in [2.45, 2.75) is 19.4 Å². The summed E-state index contributed by atoms with van der Waals surface area (Å²) in [6.45, 7) is 4.62. The summed E-state index contributed by atoms with van der Waals surface area (Å²) >= 11 is 1.24. The number of carboxylic acids is 1. The quantitative estimate of drug-likeness (QED) is 0.938. The molecule has 1 unspecified atom stereocenters. The SMILES string of the molecule is CCOC1CCN(c2ccc3c(C(=O)O)nsc3c2)C1. The standard InChI is InChI=1S/C14H16N2O3S/c1-2-19-10-5-6-16(8-10)9-3-4-11-12(7-9)20-15-13(11)14(17)18/h3-4,7,10H,2,5-6,8H2,1H3,(H,17,18). The Bertz CT molecular complexity index is 640. The summed E-state index contributed by atoms with van der Waals surface area (Å²) in [6, 6.07) is 5.84. The van der Waals surface area contributed by atoms with Gasteiger partial charge in [0.05, 0.1) is 10.8 Å². The summed E-state index contributed by atoms with van der Waals surface area (Å²) in [4.78, 5) is 13.3. The third kappa shape index (κ3) is 2.36. The van der Waals surface area contributed by atoms with Crippen LogP contribution in [-0.4, -0.2) is 41.2 Å². The molecule has 5 nitrogen and oxygen atoms in total. The maximum atomic E-state index is 11.0. The van der Waals surface area contributed by atoms with Crippen molar-refractivity contribution in [1.82, 2.24) is 4.37 Å². The monoisotopic (exact) mass is 292 g/mol. The molecule has 106 valence electrons. The van der Waals surface area contributed by atoms with Gasteiger partial charge in [-0.2, -0.15) is 4.37 Å². The molecule has 1 atom stereocenters. The first kappa shape index (κ1) is 13.3. The van der Waals surface area contributed by atoms with Crippen molar-refractivity contribution >= 4 is 33.3 Å². The summed E-state index contributed by atoms with van der Waals surface area (Å²) < 4.78 is 10.6. The molecule has 1 N–H and O–H groups in total. The molecule has 0 aliphatic carbocycles. The van der Waals surface area contributed by atoms with E-state index in [0.717, 1.165) is 36.5 Å². The Hall–Kier alpha value is -1.66. The summed E-state index contributed by atoms with van der Waals surface area (Å²) in [5.41, 5.74) is 1.26. The fourth-order valence-electron chi connectivity index (χ4n) is 2.61. The van der Waals surface area contributed by atoms with Crippen molar-refractivity contribution in [2.75, 3.05) is 24.6 Å². The lowest BCUT2D eigenvalue weighted by molar-refractivity contribution is 0.0694. The van der Waals surface area contributed by atoms with E-state index in [9.17, 15) is 4.79 Å². The predicted octanol–water partition coefficient (Wildman–Crippen LogP) is 2.61. The van der Waals surface area contributed by atoms with E-state index < -0.39 is 5.97 Å². The molecule has 1 saturated heterocycles. The second kappa shape index (κ2) is 5.38. The number of benzene rings is 1. The maximum absolute atomic E-state index is 11.0. The van der Waals surface area contributed by atoms with Gasteiger partial charge in [0.15, 0.2) is 5.69 Å². The minimum Gasteiger partial charge on any atom is -0.476 e. The number of aromatic nitrogens is 1. The van der Waals surface area contributed by atoms with E-state index in [1.54, 1.807) is 0 Å². The number of fused-ring (bicyclic) bond motifs is 1. The molecule has 6 heteroatoms. The molecule has 1 aliphatic rings. The highest BCUT2D eigenvalue weighted by Gasteiger charge is 2.23. The van der Waals surface area contributed by atoms with Crippen molar-refractivity contribution in [3.63, 3.8) is 0 Å². The Balaban J connectivity index is 1.85. The van der Waals surface area contributed by atoms with Crippen LogP contribution in [0.2, 0.25) is 0 Å². The molecule has 2 heterocycles. The maximum Gasteiger partial charge on any atom is 0.356 e. The van der Waals surface area contributed by atoms with E-state index in [1.165, 1.54) is 11.5 Å². The first-order chi connectivity index (χ1) is 9.69. The summed E-state index contributed by atoms with van der Waals surface area (Å²) in [6.07, 6.45) is 1.33. The van der Waals surface area contributed by atoms with Gasteiger partial charge in [0, 0.05) is 30.8 Å². The molecule has 2 aromatic rings. The van der Waals surface area contributed by atoms with E-state index in [-0.39, 0.29) is 5.69 Å². The van der Waals surface area contributed by atoms with Crippen LogP contribution in [-0.2, 0) is 4.74 Å². The average molecular weight is 292 g/mol. The Labute approximate surface area is 120 Å². The lowest BCUT2D eigenvalue weighted by Crippen LogP contribution is -2.22. The highest BCUT2D eigenvalue weighted by atomic mass is 32.1. The first-order valence-electron chi connectivity index (χ1n) is 6.68. The number of aromatic carboxylic acids is 1. The Morgan fingerprint density at radius 2 is 2.45 bits per heavy atom. The fraction of sp³-hybridized carbons (Fsp3) is 0.429. The average Bonchev–Trinajstić information content (AvgIpc) is 3.04. The Morgan fingerprint density at radius 3 is 3.20 bits per heavy atom. The van der Waals surface area contributed by atoms with Crippen LogP contribution in [0.25, 0.3) is 10.1 Å². The van der Waals surface area contributed by atoms with Gasteiger partial charge in [-0.3, -0.25) is 0 Å². The number of nitrogens with zero attached hydrogens (tertiary/aromatic N) is 2. The largest absolute Gasteiger partial charge is 0.476 e. The molecule has 0 radical (unpaired) electrons. The summed E-state index contributed by atoms with van der Waals surface area (Å²) in [5, 5.41) is 9.78. The molecule has 1 aromatic carbocycles. The third-order valence-corrected chi connectivity index (χ3v) is 4.38. The van der Waals surface area contributed by atoms with Crippen LogP contribution in [0.4, 0.5) is 5.69 Å². The van der Waals surface area contributed by atoms with Gasteiger partial charge in [-0.15, -0.1) is 0 Å². The van der Waals surface area contributed by atoms with Gasteiger partial charge in [0.1, 0.15) is 0 Å². The Morgan fingerprint density at radius 1 is 1.60 bits per heavy atom. The molecule has 1 aromatic heterocycles. The van der Waals surface area contributed by atoms with Gasteiger partial charge in [-0.05, 0) is 43.1 Å². The van der Waals surface area contributed by atoms with Crippen LogP contribution >= 0.6 is 11.5 Å². The number of carboxylic acid groups (broad SMARTS) is 1. The van der Waals surface area contributed by atoms with E-state index in [4.69, 9.17) is 9.84 Å². The molecule has 20 heavy (non-hydrogen) atoms. The minimum absolute atomic E-state index is 0.144. The normalized spacial score (nSPS) is 18.9. The molecule has 1 fully saturated rings. The molecule has 0 saturated carbocycles.